The number of allylic oxidation sites excluding steroid dienone is 2. The van der Waals surface area contributed by atoms with Gasteiger partial charge in [0.05, 0.1) is 0 Å². The molecule has 2 aliphatic carbocycles. The Morgan fingerprint density at radius 3 is 0.731 bits per heavy atom. The molecule has 0 amide bonds. The van der Waals surface area contributed by atoms with E-state index >= 15 is 0 Å². The van der Waals surface area contributed by atoms with Crippen molar-refractivity contribution in [2.45, 2.75) is 111 Å². The average Bonchev–Trinajstić information content (AvgIpc) is 2.48. The summed E-state index contributed by atoms with van der Waals surface area (Å²) in [5.41, 5.74) is 4.60. The molecule has 0 nitrogen and oxygen atoms in total. The summed E-state index contributed by atoms with van der Waals surface area (Å²) in [4.78, 5) is 0. The van der Waals surface area contributed by atoms with Crippen LogP contribution in [-0.4, -0.2) is 0 Å². The van der Waals surface area contributed by atoms with E-state index in [2.05, 4.69) is 111 Å². The Morgan fingerprint density at radius 1 is 0.346 bits per heavy atom. The number of hydrogen-bond donors (Lipinski definition) is 0. The van der Waals surface area contributed by atoms with Gasteiger partial charge in [-0.2, -0.15) is 0 Å². The molecular formula is C26H48. The summed E-state index contributed by atoms with van der Waals surface area (Å²) in [7, 11) is 0. The van der Waals surface area contributed by atoms with Crippen molar-refractivity contribution in [3.63, 3.8) is 0 Å². The third-order valence-electron chi connectivity index (χ3n) is 13.1. The van der Waals surface area contributed by atoms with Crippen molar-refractivity contribution in [2.24, 2.45) is 43.3 Å². The monoisotopic (exact) mass is 360 g/mol. The van der Waals surface area contributed by atoms with Crippen LogP contribution in [0.15, 0.2) is 11.1 Å². The topological polar surface area (TPSA) is 0 Å². The number of fused-ring (bicyclic) bond motifs is 1. The predicted octanol–water partition coefficient (Wildman–Crippen LogP) is 8.52. The second-order valence-electron chi connectivity index (χ2n) is 13.2. The minimum atomic E-state index is 0.149. The van der Waals surface area contributed by atoms with E-state index in [-0.39, 0.29) is 43.3 Å². The van der Waals surface area contributed by atoms with Gasteiger partial charge in [0.2, 0.25) is 0 Å². The van der Waals surface area contributed by atoms with Crippen molar-refractivity contribution in [1.29, 1.82) is 0 Å². The molecule has 2 atom stereocenters. The van der Waals surface area contributed by atoms with E-state index in [1.807, 2.05) is 0 Å². The second-order valence-corrected chi connectivity index (χ2v) is 13.2. The van der Waals surface area contributed by atoms with Crippen molar-refractivity contribution in [2.75, 3.05) is 0 Å². The summed E-state index contributed by atoms with van der Waals surface area (Å²) in [6, 6.07) is 0. The first-order valence-electron chi connectivity index (χ1n) is 10.8. The van der Waals surface area contributed by atoms with Crippen LogP contribution in [0.25, 0.3) is 0 Å². The largest absolute Gasteiger partial charge is 0.0676 e. The zero-order valence-electron chi connectivity index (χ0n) is 21.0. The van der Waals surface area contributed by atoms with Gasteiger partial charge in [-0.1, -0.05) is 108 Å². The van der Waals surface area contributed by atoms with Crippen LogP contribution in [0.5, 0.6) is 0 Å². The van der Waals surface area contributed by atoms with E-state index in [4.69, 9.17) is 0 Å². The first kappa shape index (κ1) is 22.0. The average molecular weight is 361 g/mol. The van der Waals surface area contributed by atoms with Crippen LogP contribution < -0.4 is 0 Å². The molecule has 0 spiro atoms. The van der Waals surface area contributed by atoms with E-state index < -0.39 is 0 Å². The Labute approximate surface area is 165 Å². The van der Waals surface area contributed by atoms with Crippen LogP contribution in [0.2, 0.25) is 0 Å². The number of rotatable bonds is 0. The Bertz CT molecular complexity index is 604. The van der Waals surface area contributed by atoms with Crippen molar-refractivity contribution in [3.8, 4) is 0 Å². The van der Waals surface area contributed by atoms with Crippen LogP contribution in [0.4, 0.5) is 0 Å². The van der Waals surface area contributed by atoms with E-state index in [0.29, 0.717) is 0 Å². The maximum atomic E-state index is 2.64. The lowest BCUT2D eigenvalue weighted by Gasteiger charge is -2.85. The fourth-order valence-corrected chi connectivity index (χ4v) is 8.56. The Balaban J connectivity index is 3.20. The van der Waals surface area contributed by atoms with Gasteiger partial charge < -0.3 is 0 Å². The highest BCUT2D eigenvalue weighted by atomic mass is 14.8. The molecule has 0 heteroatoms. The SMILES string of the molecule is CC1=C(C)C(C)(C)C2(C)C(C)(C)C(C)(C)C(C)(C)C(C)(C)C2(C)C1(C)C. The summed E-state index contributed by atoms with van der Waals surface area (Å²) in [5.74, 6) is 0. The molecule has 0 N–H and O–H groups in total. The van der Waals surface area contributed by atoms with Crippen LogP contribution in [0, 0.1) is 43.3 Å². The molecule has 0 heterocycles. The third-order valence-corrected chi connectivity index (χ3v) is 13.1. The normalized spacial score (nSPS) is 41.5. The van der Waals surface area contributed by atoms with Gasteiger partial charge in [-0.05, 0) is 57.2 Å². The van der Waals surface area contributed by atoms with Gasteiger partial charge in [-0.3, -0.25) is 0 Å². The smallest absolute Gasteiger partial charge is 0.00799 e. The maximum absolute atomic E-state index is 2.64. The lowest BCUT2D eigenvalue weighted by atomic mass is 9.19. The van der Waals surface area contributed by atoms with Gasteiger partial charge in [-0.25, -0.2) is 0 Å². The van der Waals surface area contributed by atoms with Gasteiger partial charge in [0.25, 0.3) is 0 Å². The highest BCUT2D eigenvalue weighted by Gasteiger charge is 2.81. The molecule has 152 valence electrons. The van der Waals surface area contributed by atoms with E-state index in [1.54, 1.807) is 11.1 Å². The van der Waals surface area contributed by atoms with Crippen LogP contribution in [0.3, 0.4) is 0 Å². The van der Waals surface area contributed by atoms with Gasteiger partial charge in [-0.15, -0.1) is 0 Å². The Hall–Kier alpha value is -0.260. The lowest BCUT2D eigenvalue weighted by Crippen LogP contribution is -2.79. The second kappa shape index (κ2) is 4.83. The molecule has 2 unspecified atom stereocenters. The molecule has 0 saturated heterocycles. The van der Waals surface area contributed by atoms with Crippen LogP contribution >= 0.6 is 0 Å². The van der Waals surface area contributed by atoms with Crippen molar-refractivity contribution in [3.05, 3.63) is 11.1 Å². The molecule has 0 radical (unpaired) electrons. The van der Waals surface area contributed by atoms with Crippen molar-refractivity contribution < 1.29 is 0 Å². The standard InChI is InChI=1S/C26H48/c1-17-18(2)20(5,6)26(16)24(13,14)22(9,10)21(7,8)23(11,12)25(26,15)19(17,3)4/h1-16H3. The Morgan fingerprint density at radius 2 is 0.538 bits per heavy atom. The molecule has 2 aliphatic rings. The molecule has 2 rings (SSSR count). The van der Waals surface area contributed by atoms with E-state index in [0.717, 1.165) is 0 Å². The van der Waals surface area contributed by atoms with Gasteiger partial charge >= 0.3 is 0 Å². The molecule has 0 aliphatic heterocycles. The minimum Gasteiger partial charge on any atom is -0.0676 e. The molecule has 0 aromatic rings. The molecule has 1 fully saturated rings. The Kier molecular flexibility index (Phi) is 4.09. The molecule has 0 bridgehead atoms. The summed E-state index contributed by atoms with van der Waals surface area (Å²) in [6.07, 6.45) is 0. The van der Waals surface area contributed by atoms with E-state index in [1.165, 1.54) is 0 Å². The zero-order valence-corrected chi connectivity index (χ0v) is 21.0. The van der Waals surface area contributed by atoms with Crippen LogP contribution in [-0.2, 0) is 0 Å². The van der Waals surface area contributed by atoms with E-state index in [9.17, 15) is 0 Å². The molecular weight excluding hydrogens is 312 g/mol. The summed E-state index contributed by atoms with van der Waals surface area (Å²) in [6.45, 7) is 40.7. The van der Waals surface area contributed by atoms with Gasteiger partial charge in [0.1, 0.15) is 0 Å². The van der Waals surface area contributed by atoms with Crippen molar-refractivity contribution >= 4 is 0 Å². The quantitative estimate of drug-likeness (QED) is 0.380. The summed E-state index contributed by atoms with van der Waals surface area (Å²) in [5, 5.41) is 0. The minimum absolute atomic E-state index is 0.149. The molecule has 0 aromatic carbocycles. The predicted molar refractivity (Wildman–Crippen MR) is 117 cm³/mol. The molecule has 0 aromatic heterocycles. The van der Waals surface area contributed by atoms with Gasteiger partial charge in [0, 0.05) is 0 Å². The third kappa shape index (κ3) is 1.59. The number of hydrogen-bond acceptors (Lipinski definition) is 0. The van der Waals surface area contributed by atoms with Crippen molar-refractivity contribution in [1.82, 2.24) is 0 Å². The zero-order chi connectivity index (χ0) is 21.2. The van der Waals surface area contributed by atoms with Crippen LogP contribution in [0.1, 0.15) is 111 Å². The fourth-order valence-electron chi connectivity index (χ4n) is 8.56. The van der Waals surface area contributed by atoms with Gasteiger partial charge in [0.15, 0.2) is 0 Å². The fraction of sp³-hybridized carbons (Fsp3) is 0.923. The lowest BCUT2D eigenvalue weighted by molar-refractivity contribution is -0.351. The maximum Gasteiger partial charge on any atom is -0.00799 e. The first-order valence-corrected chi connectivity index (χ1v) is 10.8. The first-order chi connectivity index (χ1) is 11.1. The molecule has 26 heavy (non-hydrogen) atoms. The summed E-state index contributed by atoms with van der Waals surface area (Å²) < 4.78 is 0. The molecule has 1 saturated carbocycles. The highest BCUT2D eigenvalue weighted by molar-refractivity contribution is 5.41. The highest BCUT2D eigenvalue weighted by Crippen LogP contribution is 2.87. The summed E-state index contributed by atoms with van der Waals surface area (Å²) >= 11 is 0.